The molecule has 0 aromatic rings. The highest BCUT2D eigenvalue weighted by Gasteiger charge is 2.41. The van der Waals surface area contributed by atoms with Crippen molar-refractivity contribution in [3.05, 3.63) is 0 Å². The normalized spacial score (nSPS) is 28.3. The Labute approximate surface area is 97.0 Å². The van der Waals surface area contributed by atoms with Gasteiger partial charge in [0.1, 0.15) is 0 Å². The Morgan fingerprint density at radius 1 is 1.47 bits per heavy atom. The van der Waals surface area contributed by atoms with Gasteiger partial charge in [0, 0.05) is 17.9 Å². The fourth-order valence-corrected chi connectivity index (χ4v) is 3.06. The summed E-state index contributed by atoms with van der Waals surface area (Å²) in [7, 11) is -4.42. The Hall–Kier alpha value is 0.250. The number of rotatable bonds is 2. The second-order valence-electron chi connectivity index (χ2n) is 4.38. The molecule has 0 aromatic carbocycles. The summed E-state index contributed by atoms with van der Waals surface area (Å²) in [5, 5.41) is 0. The summed E-state index contributed by atoms with van der Waals surface area (Å²) >= 11 is 3.43. The van der Waals surface area contributed by atoms with Crippen LogP contribution in [0.5, 0.6) is 0 Å². The lowest BCUT2D eigenvalue weighted by Gasteiger charge is -2.40. The molecule has 0 amide bonds. The molecule has 1 heterocycles. The first kappa shape index (κ1) is 13.3. The molecule has 1 unspecified atom stereocenters. The van der Waals surface area contributed by atoms with Crippen LogP contribution in [0.15, 0.2) is 0 Å². The highest BCUT2D eigenvalue weighted by atomic mass is 79.9. The van der Waals surface area contributed by atoms with Crippen molar-refractivity contribution in [2.75, 3.05) is 13.1 Å². The molecule has 7 heteroatoms. The molecule has 0 radical (unpaired) electrons. The van der Waals surface area contributed by atoms with Crippen LogP contribution in [0.4, 0.5) is 8.78 Å². The average Bonchev–Trinajstić information content (AvgIpc) is 2.09. The van der Waals surface area contributed by atoms with Crippen LogP contribution in [0, 0.1) is 5.41 Å². The van der Waals surface area contributed by atoms with E-state index in [4.69, 9.17) is 0 Å². The quantitative estimate of drug-likeness (QED) is 0.732. The average molecular weight is 306 g/mol. The zero-order valence-electron chi connectivity index (χ0n) is 8.58. The number of sulfonamides is 1. The van der Waals surface area contributed by atoms with Crippen molar-refractivity contribution in [3.8, 4) is 0 Å². The second-order valence-corrected chi connectivity index (χ2v) is 7.39. The highest BCUT2D eigenvalue weighted by molar-refractivity contribution is 9.09. The summed E-state index contributed by atoms with van der Waals surface area (Å²) in [5.41, 5.74) is -0.319. The maximum absolute atomic E-state index is 12.3. The lowest BCUT2D eigenvalue weighted by molar-refractivity contribution is 0.172. The number of alkyl halides is 3. The molecule has 0 aliphatic carbocycles. The largest absolute Gasteiger partial charge is 0.350 e. The molecule has 0 saturated carbocycles. The van der Waals surface area contributed by atoms with Gasteiger partial charge in [-0.15, -0.1) is 0 Å². The number of nitrogens with zero attached hydrogens (tertiary/aromatic N) is 1. The van der Waals surface area contributed by atoms with E-state index in [2.05, 4.69) is 15.9 Å². The van der Waals surface area contributed by atoms with Crippen molar-refractivity contribution in [3.63, 3.8) is 0 Å². The lowest BCUT2D eigenvalue weighted by Crippen LogP contribution is -2.50. The Bertz CT molecular complexity index is 332. The minimum atomic E-state index is -4.42. The van der Waals surface area contributed by atoms with E-state index in [-0.39, 0.29) is 23.3 Å². The van der Waals surface area contributed by atoms with E-state index >= 15 is 0 Å². The molecule has 0 aromatic heterocycles. The van der Waals surface area contributed by atoms with Crippen LogP contribution in [-0.4, -0.2) is 36.4 Å². The zero-order valence-corrected chi connectivity index (χ0v) is 11.0. The van der Waals surface area contributed by atoms with Gasteiger partial charge in [0.15, 0.2) is 0 Å². The van der Waals surface area contributed by atoms with Crippen molar-refractivity contribution in [1.82, 2.24) is 4.31 Å². The first-order chi connectivity index (χ1) is 6.68. The number of hydrogen-bond acceptors (Lipinski definition) is 2. The van der Waals surface area contributed by atoms with Gasteiger partial charge in [0.2, 0.25) is 0 Å². The highest BCUT2D eigenvalue weighted by Crippen LogP contribution is 2.36. The van der Waals surface area contributed by atoms with Gasteiger partial charge < -0.3 is 0 Å². The van der Waals surface area contributed by atoms with E-state index in [0.29, 0.717) is 6.42 Å². The standard InChI is InChI=1S/C8H14BrF2NO2S/c1-8(2)5-12(4-3-6(8)9)15(13,14)7(10)11/h6-7H,3-5H2,1-2H3. The maximum atomic E-state index is 12.3. The fourth-order valence-electron chi connectivity index (χ4n) is 1.61. The van der Waals surface area contributed by atoms with Crippen LogP contribution in [0.2, 0.25) is 0 Å². The van der Waals surface area contributed by atoms with Crippen molar-refractivity contribution >= 4 is 26.0 Å². The summed E-state index contributed by atoms with van der Waals surface area (Å²) in [6, 6.07) is 0. The van der Waals surface area contributed by atoms with E-state index in [1.165, 1.54) is 0 Å². The van der Waals surface area contributed by atoms with Crippen LogP contribution in [0.3, 0.4) is 0 Å². The number of piperidine rings is 1. The van der Waals surface area contributed by atoms with Gasteiger partial charge >= 0.3 is 5.76 Å². The first-order valence-corrected chi connectivity index (χ1v) is 7.01. The molecule has 1 fully saturated rings. The Kier molecular flexibility index (Phi) is 3.78. The van der Waals surface area contributed by atoms with Crippen LogP contribution in [0.25, 0.3) is 0 Å². The molecule has 0 spiro atoms. The fraction of sp³-hybridized carbons (Fsp3) is 1.00. The summed E-state index contributed by atoms with van der Waals surface area (Å²) in [5.74, 6) is -3.32. The Balaban J connectivity index is 2.85. The summed E-state index contributed by atoms with van der Waals surface area (Å²) in [4.78, 5) is 0.161. The summed E-state index contributed by atoms with van der Waals surface area (Å²) in [6.07, 6.45) is 0.555. The van der Waals surface area contributed by atoms with Gasteiger partial charge in [-0.05, 0) is 11.8 Å². The van der Waals surface area contributed by atoms with Crippen LogP contribution in [0.1, 0.15) is 20.3 Å². The van der Waals surface area contributed by atoms with Gasteiger partial charge in [-0.3, -0.25) is 0 Å². The van der Waals surface area contributed by atoms with Gasteiger partial charge in [0.05, 0.1) is 0 Å². The second kappa shape index (κ2) is 4.25. The van der Waals surface area contributed by atoms with Crippen molar-refractivity contribution in [2.45, 2.75) is 30.9 Å². The molecular weight excluding hydrogens is 292 g/mol. The van der Waals surface area contributed by atoms with Crippen LogP contribution >= 0.6 is 15.9 Å². The van der Waals surface area contributed by atoms with Gasteiger partial charge in [0.25, 0.3) is 10.0 Å². The topological polar surface area (TPSA) is 37.4 Å². The van der Waals surface area contributed by atoms with Crippen LogP contribution < -0.4 is 0 Å². The maximum Gasteiger partial charge on any atom is 0.350 e. The molecule has 0 bridgehead atoms. The molecule has 1 aliphatic rings. The zero-order chi connectivity index (χ0) is 11.9. The van der Waals surface area contributed by atoms with Crippen molar-refractivity contribution < 1.29 is 17.2 Å². The number of halogens is 3. The predicted molar refractivity (Wildman–Crippen MR) is 57.6 cm³/mol. The van der Waals surface area contributed by atoms with E-state index < -0.39 is 15.8 Å². The monoisotopic (exact) mass is 305 g/mol. The SMILES string of the molecule is CC1(C)CN(S(=O)(=O)C(F)F)CCC1Br. The third kappa shape index (κ3) is 2.68. The molecule has 90 valence electrons. The van der Waals surface area contributed by atoms with E-state index in [1.807, 2.05) is 13.8 Å². The van der Waals surface area contributed by atoms with Gasteiger partial charge in [-0.2, -0.15) is 13.1 Å². The molecule has 3 nitrogen and oxygen atoms in total. The minimum Gasteiger partial charge on any atom is -0.206 e. The smallest absolute Gasteiger partial charge is 0.206 e. The lowest BCUT2D eigenvalue weighted by atomic mass is 9.85. The third-order valence-corrected chi connectivity index (χ3v) is 5.83. The molecule has 15 heavy (non-hydrogen) atoms. The molecule has 1 atom stereocenters. The van der Waals surface area contributed by atoms with Crippen LogP contribution in [-0.2, 0) is 10.0 Å². The molecule has 0 N–H and O–H groups in total. The van der Waals surface area contributed by atoms with Gasteiger partial charge in [-0.1, -0.05) is 29.8 Å². The minimum absolute atomic E-state index is 0.135. The summed E-state index contributed by atoms with van der Waals surface area (Å²) in [6.45, 7) is 4.01. The summed E-state index contributed by atoms with van der Waals surface area (Å²) < 4.78 is 48.0. The molecular formula is C8H14BrF2NO2S. The van der Waals surface area contributed by atoms with Gasteiger partial charge in [-0.25, -0.2) is 8.42 Å². The Morgan fingerprint density at radius 3 is 2.40 bits per heavy atom. The van der Waals surface area contributed by atoms with Crippen molar-refractivity contribution in [1.29, 1.82) is 0 Å². The van der Waals surface area contributed by atoms with E-state index in [9.17, 15) is 17.2 Å². The Morgan fingerprint density at radius 2 is 2.00 bits per heavy atom. The predicted octanol–water partition coefficient (Wildman–Crippen LogP) is 2.03. The van der Waals surface area contributed by atoms with E-state index in [0.717, 1.165) is 4.31 Å². The number of hydrogen-bond donors (Lipinski definition) is 0. The third-order valence-electron chi connectivity index (χ3n) is 2.65. The van der Waals surface area contributed by atoms with E-state index in [1.54, 1.807) is 0 Å². The van der Waals surface area contributed by atoms with Crippen molar-refractivity contribution in [2.24, 2.45) is 5.41 Å². The molecule has 1 rings (SSSR count). The molecule has 1 saturated heterocycles. The molecule has 1 aliphatic heterocycles. The first-order valence-electron chi connectivity index (χ1n) is 4.59.